The summed E-state index contributed by atoms with van der Waals surface area (Å²) in [7, 11) is 0. The van der Waals surface area contributed by atoms with Crippen molar-refractivity contribution < 1.29 is 28.5 Å². The number of hydrogen-bond donors (Lipinski definition) is 0. The zero-order chi connectivity index (χ0) is 27.9. The summed E-state index contributed by atoms with van der Waals surface area (Å²) in [6.07, 6.45) is 1.80. The van der Waals surface area contributed by atoms with Crippen molar-refractivity contribution in [3.8, 4) is 23.0 Å². The fourth-order valence-electron chi connectivity index (χ4n) is 5.14. The Morgan fingerprint density at radius 1 is 0.976 bits per heavy atom. The molecule has 4 heterocycles. The molecule has 9 nitrogen and oxygen atoms in total. The number of hydrogen-bond acceptors (Lipinski definition) is 9. The summed E-state index contributed by atoms with van der Waals surface area (Å²) in [6.45, 7) is 2.99. The molecule has 0 bridgehead atoms. The Balaban J connectivity index is 1.47. The molecule has 3 aliphatic rings. The van der Waals surface area contributed by atoms with Gasteiger partial charge in [0.05, 0.1) is 28.5 Å². The lowest BCUT2D eigenvalue weighted by atomic mass is 9.93. The zero-order valence-corrected chi connectivity index (χ0v) is 22.8. The van der Waals surface area contributed by atoms with E-state index in [0.717, 1.165) is 11.1 Å². The molecule has 0 spiro atoms. The summed E-state index contributed by atoms with van der Waals surface area (Å²) >= 11 is 1.26. The third kappa shape index (κ3) is 4.46. The molecule has 0 fully saturated rings. The van der Waals surface area contributed by atoms with Crippen LogP contribution in [0.25, 0.3) is 11.8 Å². The summed E-state index contributed by atoms with van der Waals surface area (Å²) in [6, 6.07) is 19.6. The van der Waals surface area contributed by atoms with Gasteiger partial charge in [0, 0.05) is 5.56 Å². The molecule has 3 aromatic carbocycles. The Morgan fingerprint density at radius 2 is 1.71 bits per heavy atom. The van der Waals surface area contributed by atoms with Gasteiger partial charge in [0.2, 0.25) is 6.79 Å². The van der Waals surface area contributed by atoms with Crippen molar-refractivity contribution in [2.24, 2.45) is 4.99 Å². The van der Waals surface area contributed by atoms with E-state index in [2.05, 4.69) is 0 Å². The highest BCUT2D eigenvalue weighted by atomic mass is 32.1. The first-order chi connectivity index (χ1) is 20.1. The molecule has 41 heavy (non-hydrogen) atoms. The second-order valence-corrected chi connectivity index (χ2v) is 10.5. The minimum absolute atomic E-state index is 0.104. The molecule has 1 aromatic heterocycles. The number of rotatable bonds is 5. The van der Waals surface area contributed by atoms with Gasteiger partial charge in [-0.25, -0.2) is 9.79 Å². The molecule has 0 aliphatic carbocycles. The number of esters is 1. The maximum absolute atomic E-state index is 14.1. The quantitative estimate of drug-likeness (QED) is 0.340. The first-order valence-corrected chi connectivity index (χ1v) is 14.0. The molecule has 0 saturated heterocycles. The van der Waals surface area contributed by atoms with E-state index >= 15 is 0 Å². The van der Waals surface area contributed by atoms with Crippen LogP contribution in [0.5, 0.6) is 23.0 Å². The molecule has 0 radical (unpaired) electrons. The van der Waals surface area contributed by atoms with E-state index in [0.29, 0.717) is 56.8 Å². The van der Waals surface area contributed by atoms with Gasteiger partial charge >= 0.3 is 5.97 Å². The van der Waals surface area contributed by atoms with Crippen LogP contribution in [0.3, 0.4) is 0 Å². The molecule has 7 rings (SSSR count). The Bertz CT molecular complexity index is 1890. The maximum Gasteiger partial charge on any atom is 0.338 e. The highest BCUT2D eigenvalue weighted by Gasteiger charge is 2.36. The Labute approximate surface area is 238 Å². The first-order valence-electron chi connectivity index (χ1n) is 13.2. The molecular weight excluding hydrogens is 544 g/mol. The summed E-state index contributed by atoms with van der Waals surface area (Å²) in [5.41, 5.74) is 2.65. The molecule has 0 saturated carbocycles. The summed E-state index contributed by atoms with van der Waals surface area (Å²) in [4.78, 5) is 33.0. The normalized spacial score (nSPS) is 17.2. The molecule has 206 valence electrons. The van der Waals surface area contributed by atoms with Crippen molar-refractivity contribution in [1.82, 2.24) is 4.57 Å². The van der Waals surface area contributed by atoms with Gasteiger partial charge in [-0.15, -0.1) is 0 Å². The summed E-state index contributed by atoms with van der Waals surface area (Å²) in [5.74, 6) is 1.90. The van der Waals surface area contributed by atoms with Crippen LogP contribution < -0.4 is 33.8 Å². The van der Waals surface area contributed by atoms with Crippen molar-refractivity contribution in [2.75, 3.05) is 26.6 Å². The van der Waals surface area contributed by atoms with Gasteiger partial charge in [-0.1, -0.05) is 53.8 Å². The number of fused-ring (bicyclic) bond motifs is 3. The van der Waals surface area contributed by atoms with Gasteiger partial charge in [0.25, 0.3) is 5.56 Å². The minimum atomic E-state index is -0.808. The second-order valence-electron chi connectivity index (χ2n) is 9.45. The van der Waals surface area contributed by atoms with Crippen LogP contribution in [-0.4, -0.2) is 37.1 Å². The predicted molar refractivity (Wildman–Crippen MR) is 151 cm³/mol. The monoisotopic (exact) mass is 568 g/mol. The first kappa shape index (κ1) is 25.2. The predicted octanol–water partition coefficient (Wildman–Crippen LogP) is 3.44. The molecule has 4 aromatic rings. The van der Waals surface area contributed by atoms with E-state index in [1.807, 2.05) is 54.6 Å². The number of carbonyl (C=O) groups is 1. The lowest BCUT2D eigenvalue weighted by Crippen LogP contribution is -2.40. The van der Waals surface area contributed by atoms with E-state index in [9.17, 15) is 9.59 Å². The van der Waals surface area contributed by atoms with Crippen molar-refractivity contribution in [3.63, 3.8) is 0 Å². The standard InChI is InChI=1S/C31H24N2O7S/c1-2-36-30(35)26-27(19-6-4-3-5-7-19)32-31-33(28(26)20-9-11-22-24(16-20)40-17-39-22)29(34)25(41-31)15-18-8-10-21-23(14-18)38-13-12-37-21/h3-11,14-16,28H,2,12-13,17H2,1H3/t28-/m1/s1. The van der Waals surface area contributed by atoms with Gasteiger partial charge in [0.15, 0.2) is 27.8 Å². The number of nitrogens with zero attached hydrogens (tertiary/aromatic N) is 2. The molecule has 3 aliphatic heterocycles. The molecule has 1 atom stereocenters. The Hall–Kier alpha value is -4.83. The number of carbonyl (C=O) groups excluding carboxylic acids is 1. The Morgan fingerprint density at radius 3 is 2.54 bits per heavy atom. The smallest absolute Gasteiger partial charge is 0.338 e. The average molecular weight is 569 g/mol. The number of thiazole rings is 1. The van der Waals surface area contributed by atoms with Crippen LogP contribution in [0.4, 0.5) is 0 Å². The van der Waals surface area contributed by atoms with Crippen molar-refractivity contribution >= 4 is 29.1 Å². The van der Waals surface area contributed by atoms with Crippen molar-refractivity contribution in [3.05, 3.63) is 109 Å². The van der Waals surface area contributed by atoms with E-state index in [-0.39, 0.29) is 24.5 Å². The third-order valence-electron chi connectivity index (χ3n) is 6.95. The molecule has 0 unspecified atom stereocenters. The van der Waals surface area contributed by atoms with Crippen LogP contribution >= 0.6 is 11.3 Å². The number of aromatic nitrogens is 1. The summed E-state index contributed by atoms with van der Waals surface area (Å²) < 4.78 is 30.1. The van der Waals surface area contributed by atoms with Crippen LogP contribution in [0.1, 0.15) is 29.7 Å². The molecule has 0 amide bonds. The van der Waals surface area contributed by atoms with E-state index < -0.39 is 12.0 Å². The number of benzene rings is 3. The fraction of sp³-hybridized carbons (Fsp3) is 0.194. The lowest BCUT2D eigenvalue weighted by molar-refractivity contribution is -0.138. The van der Waals surface area contributed by atoms with E-state index in [4.69, 9.17) is 28.7 Å². The van der Waals surface area contributed by atoms with Gasteiger partial charge in [0.1, 0.15) is 13.2 Å². The molecule has 0 N–H and O–H groups in total. The van der Waals surface area contributed by atoms with E-state index in [1.54, 1.807) is 29.7 Å². The largest absolute Gasteiger partial charge is 0.486 e. The zero-order valence-electron chi connectivity index (χ0n) is 22.0. The fourth-order valence-corrected chi connectivity index (χ4v) is 6.14. The second kappa shape index (κ2) is 10.3. The minimum Gasteiger partial charge on any atom is -0.486 e. The van der Waals surface area contributed by atoms with Gasteiger partial charge in [-0.2, -0.15) is 0 Å². The number of ether oxygens (including phenoxy) is 5. The third-order valence-corrected chi connectivity index (χ3v) is 7.93. The lowest BCUT2D eigenvalue weighted by Gasteiger charge is -2.26. The molecular formula is C31H24N2O7S. The van der Waals surface area contributed by atoms with Crippen LogP contribution in [0, 0.1) is 0 Å². The van der Waals surface area contributed by atoms with Crippen LogP contribution in [0.2, 0.25) is 0 Å². The Kier molecular flexibility index (Phi) is 6.31. The average Bonchev–Trinajstić information content (AvgIpc) is 3.60. The van der Waals surface area contributed by atoms with Gasteiger partial charge in [-0.05, 0) is 48.4 Å². The van der Waals surface area contributed by atoms with Gasteiger partial charge < -0.3 is 23.7 Å². The molecule has 10 heteroatoms. The van der Waals surface area contributed by atoms with Gasteiger partial charge in [-0.3, -0.25) is 9.36 Å². The highest BCUT2D eigenvalue weighted by molar-refractivity contribution is 7.07. The van der Waals surface area contributed by atoms with Crippen LogP contribution in [-0.2, 0) is 9.53 Å². The van der Waals surface area contributed by atoms with Crippen molar-refractivity contribution in [1.29, 1.82) is 0 Å². The van der Waals surface area contributed by atoms with E-state index in [1.165, 1.54) is 11.3 Å². The topological polar surface area (TPSA) is 97.6 Å². The SMILES string of the molecule is CCOC(=O)C1=C(c2ccccc2)N=c2sc(=Cc3ccc4c(c3)OCCO4)c(=O)n2[C@@H]1c1ccc2c(c1)OCO2. The van der Waals surface area contributed by atoms with Crippen LogP contribution in [0.15, 0.2) is 82.1 Å². The van der Waals surface area contributed by atoms with Crippen molar-refractivity contribution in [2.45, 2.75) is 13.0 Å². The maximum atomic E-state index is 14.1. The highest BCUT2D eigenvalue weighted by Crippen LogP contribution is 2.40. The summed E-state index contributed by atoms with van der Waals surface area (Å²) in [5, 5.41) is 0.